The van der Waals surface area contributed by atoms with E-state index in [1.54, 1.807) is 0 Å². The number of hydrogen-bond donors (Lipinski definition) is 2. The molecule has 2 aromatic carbocycles. The predicted octanol–water partition coefficient (Wildman–Crippen LogP) is 1.56. The van der Waals surface area contributed by atoms with E-state index in [0.29, 0.717) is 12.8 Å². The largest absolute Gasteiger partial charge is 0.294 e. The minimum Gasteiger partial charge on any atom is -0.294 e. The second-order valence-electron chi connectivity index (χ2n) is 5.64. The lowest BCUT2D eigenvalue weighted by atomic mass is 9.98. The second kappa shape index (κ2) is 6.73. The summed E-state index contributed by atoms with van der Waals surface area (Å²) in [5.41, 5.74) is 1.94. The number of hydroxylamine groups is 2. The first-order valence-corrected chi connectivity index (χ1v) is 7.56. The maximum atomic E-state index is 12.1. The summed E-state index contributed by atoms with van der Waals surface area (Å²) in [6.07, 6.45) is 0.852. The van der Waals surface area contributed by atoms with Crippen molar-refractivity contribution in [1.82, 2.24) is 10.4 Å². The molecular formula is C18H18N2O3. The molecule has 2 amide bonds. The number of carbonyl (C=O) groups is 2. The highest BCUT2D eigenvalue weighted by Gasteiger charge is 2.39. The smallest absolute Gasteiger partial charge is 0.270 e. The van der Waals surface area contributed by atoms with Crippen LogP contribution < -0.4 is 5.32 Å². The zero-order valence-electron chi connectivity index (χ0n) is 12.6. The first-order chi connectivity index (χ1) is 11.1. The first-order valence-electron chi connectivity index (χ1n) is 7.56. The van der Waals surface area contributed by atoms with Gasteiger partial charge in [0.15, 0.2) is 0 Å². The van der Waals surface area contributed by atoms with Gasteiger partial charge in [0.2, 0.25) is 0 Å². The van der Waals surface area contributed by atoms with Crippen molar-refractivity contribution < 1.29 is 14.8 Å². The van der Waals surface area contributed by atoms with E-state index in [2.05, 4.69) is 5.32 Å². The Morgan fingerprint density at radius 3 is 1.57 bits per heavy atom. The van der Waals surface area contributed by atoms with Crippen LogP contribution in [0, 0.1) is 0 Å². The standard InChI is InChI=1S/C18H18N2O3/c21-17-15(11-13-7-3-1-4-8-13)19-16(18(22)20(17)23)12-14-9-5-2-6-10-14/h1-10,15-16,19,23H,11-12H2. The second-order valence-corrected chi connectivity index (χ2v) is 5.64. The molecule has 0 spiro atoms. The van der Waals surface area contributed by atoms with Crippen LogP contribution >= 0.6 is 0 Å². The topological polar surface area (TPSA) is 69.6 Å². The Bertz CT molecular complexity index is 628. The summed E-state index contributed by atoms with van der Waals surface area (Å²) in [4.78, 5) is 24.3. The van der Waals surface area contributed by atoms with Crippen molar-refractivity contribution in [2.45, 2.75) is 24.9 Å². The molecule has 1 aliphatic rings. The molecule has 0 radical (unpaired) electrons. The molecule has 0 aliphatic carbocycles. The number of amides is 2. The molecule has 2 atom stereocenters. The summed E-state index contributed by atoms with van der Waals surface area (Å²) in [6, 6.07) is 17.8. The van der Waals surface area contributed by atoms with Gasteiger partial charge in [-0.3, -0.25) is 20.1 Å². The predicted molar refractivity (Wildman–Crippen MR) is 84.6 cm³/mol. The van der Waals surface area contributed by atoms with E-state index in [-0.39, 0.29) is 5.06 Å². The number of benzene rings is 2. The van der Waals surface area contributed by atoms with Crippen LogP contribution in [0.25, 0.3) is 0 Å². The number of piperazine rings is 1. The molecule has 2 N–H and O–H groups in total. The van der Waals surface area contributed by atoms with Crippen LogP contribution in [0.5, 0.6) is 0 Å². The molecule has 1 saturated heterocycles. The monoisotopic (exact) mass is 310 g/mol. The fourth-order valence-electron chi connectivity index (χ4n) is 2.78. The van der Waals surface area contributed by atoms with Crippen LogP contribution in [0.2, 0.25) is 0 Å². The van der Waals surface area contributed by atoms with Gasteiger partial charge in [0, 0.05) is 0 Å². The molecule has 0 saturated carbocycles. The Morgan fingerprint density at radius 2 is 1.17 bits per heavy atom. The molecule has 23 heavy (non-hydrogen) atoms. The van der Waals surface area contributed by atoms with Gasteiger partial charge < -0.3 is 0 Å². The number of nitrogens with zero attached hydrogens (tertiary/aromatic N) is 1. The van der Waals surface area contributed by atoms with Gasteiger partial charge in [-0.25, -0.2) is 0 Å². The zero-order valence-corrected chi connectivity index (χ0v) is 12.6. The lowest BCUT2D eigenvalue weighted by Gasteiger charge is -2.33. The number of hydrogen-bond acceptors (Lipinski definition) is 4. The van der Waals surface area contributed by atoms with Crippen LogP contribution in [0.4, 0.5) is 0 Å². The van der Waals surface area contributed by atoms with Gasteiger partial charge in [-0.15, -0.1) is 0 Å². The van der Waals surface area contributed by atoms with Gasteiger partial charge in [-0.1, -0.05) is 60.7 Å². The molecule has 5 nitrogen and oxygen atoms in total. The van der Waals surface area contributed by atoms with E-state index in [0.717, 1.165) is 11.1 Å². The number of rotatable bonds is 4. The highest BCUT2D eigenvalue weighted by molar-refractivity contribution is 6.01. The molecule has 2 unspecified atom stereocenters. The molecule has 1 aliphatic heterocycles. The van der Waals surface area contributed by atoms with Crippen LogP contribution in [0.1, 0.15) is 11.1 Å². The van der Waals surface area contributed by atoms with E-state index in [9.17, 15) is 14.8 Å². The number of imide groups is 1. The van der Waals surface area contributed by atoms with Gasteiger partial charge >= 0.3 is 0 Å². The Hall–Kier alpha value is -2.50. The third kappa shape index (κ3) is 3.47. The Kier molecular flexibility index (Phi) is 4.50. The minimum absolute atomic E-state index is 0.262. The molecular weight excluding hydrogens is 292 g/mol. The summed E-state index contributed by atoms with van der Waals surface area (Å²) in [5.74, 6) is -1.22. The highest BCUT2D eigenvalue weighted by atomic mass is 16.5. The number of carbonyl (C=O) groups excluding carboxylic acids is 2. The van der Waals surface area contributed by atoms with Gasteiger partial charge in [-0.2, -0.15) is 5.06 Å². The fourth-order valence-corrected chi connectivity index (χ4v) is 2.78. The molecule has 1 fully saturated rings. The average Bonchev–Trinajstić information content (AvgIpc) is 2.59. The van der Waals surface area contributed by atoms with E-state index in [1.807, 2.05) is 60.7 Å². The summed E-state index contributed by atoms with van der Waals surface area (Å²) >= 11 is 0. The van der Waals surface area contributed by atoms with Crippen LogP contribution in [-0.2, 0) is 22.4 Å². The SMILES string of the molecule is O=C1C(Cc2ccccc2)NC(Cc2ccccc2)C(=O)N1O. The van der Waals surface area contributed by atoms with Crippen molar-refractivity contribution in [1.29, 1.82) is 0 Å². The molecule has 1 heterocycles. The maximum Gasteiger partial charge on any atom is 0.270 e. The third-order valence-corrected chi connectivity index (χ3v) is 3.98. The minimum atomic E-state index is -0.617. The summed E-state index contributed by atoms with van der Waals surface area (Å²) < 4.78 is 0. The van der Waals surface area contributed by atoms with E-state index >= 15 is 0 Å². The Labute approximate surface area is 134 Å². The summed E-state index contributed by atoms with van der Waals surface area (Å²) in [6.45, 7) is 0. The van der Waals surface area contributed by atoms with Crippen molar-refractivity contribution in [3.05, 3.63) is 71.8 Å². The Balaban J connectivity index is 1.76. The fraction of sp³-hybridized carbons (Fsp3) is 0.222. The van der Waals surface area contributed by atoms with Gasteiger partial charge in [0.25, 0.3) is 11.8 Å². The van der Waals surface area contributed by atoms with E-state index in [1.165, 1.54) is 0 Å². The molecule has 3 rings (SSSR count). The first kappa shape index (κ1) is 15.4. The highest BCUT2D eigenvalue weighted by Crippen LogP contribution is 2.14. The van der Waals surface area contributed by atoms with Gasteiger partial charge in [-0.05, 0) is 24.0 Å². The zero-order chi connectivity index (χ0) is 16.2. The summed E-state index contributed by atoms with van der Waals surface area (Å²) in [5, 5.41) is 13.2. The third-order valence-electron chi connectivity index (χ3n) is 3.98. The van der Waals surface area contributed by atoms with Crippen LogP contribution in [0.3, 0.4) is 0 Å². The maximum absolute atomic E-state index is 12.1. The molecule has 118 valence electrons. The molecule has 2 aromatic rings. The lowest BCUT2D eigenvalue weighted by Crippen LogP contribution is -2.63. The Morgan fingerprint density at radius 1 is 0.783 bits per heavy atom. The summed E-state index contributed by atoms with van der Waals surface area (Å²) in [7, 11) is 0. The lowest BCUT2D eigenvalue weighted by molar-refractivity contribution is -0.187. The van der Waals surface area contributed by atoms with E-state index in [4.69, 9.17) is 0 Å². The van der Waals surface area contributed by atoms with Crippen LogP contribution in [-0.4, -0.2) is 34.2 Å². The van der Waals surface area contributed by atoms with Gasteiger partial charge in [0.1, 0.15) is 0 Å². The molecule has 0 bridgehead atoms. The van der Waals surface area contributed by atoms with Crippen LogP contribution in [0.15, 0.2) is 60.7 Å². The number of nitrogens with one attached hydrogen (secondary N) is 1. The average molecular weight is 310 g/mol. The van der Waals surface area contributed by atoms with Crippen molar-refractivity contribution in [3.63, 3.8) is 0 Å². The normalized spacial score (nSPS) is 21.5. The molecule has 5 heteroatoms. The van der Waals surface area contributed by atoms with Gasteiger partial charge in [0.05, 0.1) is 12.1 Å². The van der Waals surface area contributed by atoms with Crippen molar-refractivity contribution >= 4 is 11.8 Å². The van der Waals surface area contributed by atoms with E-state index < -0.39 is 23.9 Å². The molecule has 0 aromatic heterocycles. The van der Waals surface area contributed by atoms with Crippen molar-refractivity contribution in [2.24, 2.45) is 0 Å². The van der Waals surface area contributed by atoms with Crippen molar-refractivity contribution in [3.8, 4) is 0 Å². The van der Waals surface area contributed by atoms with Crippen molar-refractivity contribution in [2.75, 3.05) is 0 Å². The quantitative estimate of drug-likeness (QED) is 0.664.